The van der Waals surface area contributed by atoms with Crippen LogP contribution in [0.2, 0.25) is 0 Å². The smallest absolute Gasteiger partial charge is 0.167 e. The maximum Gasteiger partial charge on any atom is 0.167 e. The van der Waals surface area contributed by atoms with E-state index in [1.807, 2.05) is 4.57 Å². The molecule has 2 aromatic heterocycles. The minimum Gasteiger partial charge on any atom is -0.394 e. The quantitative estimate of drug-likeness (QED) is 0.828. The highest BCUT2D eigenvalue weighted by Crippen LogP contribution is 2.57. The Hall–Kier alpha value is -1.73. The number of nitrogens with zero attached hydrogens (tertiary/aromatic N) is 4. The van der Waals surface area contributed by atoms with Gasteiger partial charge < -0.3 is 15.6 Å². The molecule has 0 amide bonds. The molecule has 3 N–H and O–H groups in total. The molecule has 2 fully saturated rings. The largest absolute Gasteiger partial charge is 0.394 e. The van der Waals surface area contributed by atoms with Crippen LogP contribution in [0.3, 0.4) is 0 Å². The van der Waals surface area contributed by atoms with Crippen LogP contribution in [-0.4, -0.2) is 37.3 Å². The van der Waals surface area contributed by atoms with E-state index in [4.69, 9.17) is 10.5 Å². The van der Waals surface area contributed by atoms with Gasteiger partial charge in [-0.3, -0.25) is 4.57 Å². The fourth-order valence-corrected chi connectivity index (χ4v) is 3.70. The molecule has 0 radical (unpaired) electrons. The highest BCUT2D eigenvalue weighted by atomic mass is 16.5. The molecule has 0 bridgehead atoms. The van der Waals surface area contributed by atoms with Crippen LogP contribution >= 0.6 is 0 Å². The number of nitrogen functional groups attached to an aromatic ring is 1. The van der Waals surface area contributed by atoms with Gasteiger partial charge in [-0.25, -0.2) is 15.0 Å². The van der Waals surface area contributed by atoms with Crippen molar-refractivity contribution in [2.24, 2.45) is 11.8 Å². The monoisotopic (exact) mass is 275 g/mol. The Morgan fingerprint density at radius 1 is 1.50 bits per heavy atom. The number of fused-ring (bicyclic) bond motifs is 2. The molecule has 2 aromatic rings. The van der Waals surface area contributed by atoms with Gasteiger partial charge in [-0.15, -0.1) is 0 Å². The summed E-state index contributed by atoms with van der Waals surface area (Å²) in [6, 6.07) is 0. The predicted octanol–water partition coefficient (Wildman–Crippen LogP) is 0.499. The lowest BCUT2D eigenvalue weighted by molar-refractivity contribution is -0.171. The van der Waals surface area contributed by atoms with E-state index < -0.39 is 5.72 Å². The fourth-order valence-electron chi connectivity index (χ4n) is 3.70. The number of ether oxygens (including phenoxy) is 1. The number of rotatable bonds is 2. The molecule has 1 aliphatic heterocycles. The van der Waals surface area contributed by atoms with Gasteiger partial charge in [0.05, 0.1) is 19.0 Å². The highest BCUT2D eigenvalue weighted by molar-refractivity contribution is 5.81. The minimum atomic E-state index is -0.428. The molecular formula is C13H17N5O2. The van der Waals surface area contributed by atoms with E-state index in [2.05, 4.69) is 21.9 Å². The van der Waals surface area contributed by atoms with Crippen molar-refractivity contribution in [1.29, 1.82) is 0 Å². The van der Waals surface area contributed by atoms with E-state index in [9.17, 15) is 5.11 Å². The summed E-state index contributed by atoms with van der Waals surface area (Å²) in [5, 5.41) is 9.47. The fraction of sp³-hybridized carbons (Fsp3) is 0.615. The first kappa shape index (κ1) is 12.0. The Kier molecular flexibility index (Phi) is 2.34. The van der Waals surface area contributed by atoms with Gasteiger partial charge >= 0.3 is 0 Å². The van der Waals surface area contributed by atoms with Gasteiger partial charge in [0.25, 0.3) is 0 Å². The van der Waals surface area contributed by atoms with Gasteiger partial charge in [-0.1, -0.05) is 6.92 Å². The van der Waals surface area contributed by atoms with Gasteiger partial charge in [0.1, 0.15) is 11.8 Å². The molecule has 2 aliphatic rings. The van der Waals surface area contributed by atoms with E-state index in [0.717, 1.165) is 12.8 Å². The summed E-state index contributed by atoms with van der Waals surface area (Å²) < 4.78 is 8.15. The number of anilines is 1. The summed E-state index contributed by atoms with van der Waals surface area (Å²) in [6.45, 7) is 2.18. The Balaban J connectivity index is 1.86. The van der Waals surface area contributed by atoms with Crippen LogP contribution in [0.25, 0.3) is 11.2 Å². The molecule has 1 saturated carbocycles. The standard InChI is InChI=1S/C13H17N5O2/c1-7-8-2-3-13(8,20-9(7)4-19)18-6-17-10-11(14)15-5-16-12(10)18/h5-9,19H,2-4H2,1H3,(H2,14,15,16)/t7-,8+,9+,13-/m0/s1. The third-order valence-electron chi connectivity index (χ3n) is 4.92. The van der Waals surface area contributed by atoms with Crippen molar-refractivity contribution in [3.05, 3.63) is 12.7 Å². The topological polar surface area (TPSA) is 99.1 Å². The number of nitrogens with two attached hydrogens (primary N) is 1. The third kappa shape index (κ3) is 1.29. The first-order valence-corrected chi connectivity index (χ1v) is 6.90. The van der Waals surface area contributed by atoms with Crippen molar-refractivity contribution in [1.82, 2.24) is 19.5 Å². The Bertz CT molecular complexity index is 672. The zero-order valence-electron chi connectivity index (χ0n) is 11.2. The number of imidazole rings is 1. The molecule has 4 rings (SSSR count). The molecule has 106 valence electrons. The van der Waals surface area contributed by atoms with Gasteiger partial charge in [0.2, 0.25) is 0 Å². The summed E-state index contributed by atoms with van der Waals surface area (Å²) in [7, 11) is 0. The molecule has 3 heterocycles. The molecule has 1 saturated heterocycles. The van der Waals surface area contributed by atoms with Gasteiger partial charge in [0.15, 0.2) is 17.2 Å². The summed E-state index contributed by atoms with van der Waals surface area (Å²) >= 11 is 0. The number of hydrogen-bond acceptors (Lipinski definition) is 6. The van der Waals surface area contributed by atoms with Crippen LogP contribution in [0, 0.1) is 11.8 Å². The predicted molar refractivity (Wildman–Crippen MR) is 71.6 cm³/mol. The van der Waals surface area contributed by atoms with Crippen LogP contribution in [0.1, 0.15) is 19.8 Å². The Labute approximate surface area is 115 Å². The Morgan fingerprint density at radius 2 is 2.35 bits per heavy atom. The van der Waals surface area contributed by atoms with Crippen molar-refractivity contribution in [2.45, 2.75) is 31.6 Å². The average molecular weight is 275 g/mol. The molecule has 1 aliphatic carbocycles. The summed E-state index contributed by atoms with van der Waals surface area (Å²) in [5.74, 6) is 1.09. The van der Waals surface area contributed by atoms with E-state index in [1.165, 1.54) is 6.33 Å². The number of aromatic nitrogens is 4. The lowest BCUT2D eigenvalue weighted by atomic mass is 9.70. The van der Waals surface area contributed by atoms with Crippen LogP contribution in [0.15, 0.2) is 12.7 Å². The van der Waals surface area contributed by atoms with Crippen molar-refractivity contribution in [3.63, 3.8) is 0 Å². The van der Waals surface area contributed by atoms with Crippen LogP contribution < -0.4 is 5.73 Å². The summed E-state index contributed by atoms with van der Waals surface area (Å²) in [4.78, 5) is 12.6. The number of aliphatic hydroxyl groups is 1. The average Bonchev–Trinajstić information content (AvgIpc) is 2.91. The van der Waals surface area contributed by atoms with E-state index in [0.29, 0.717) is 28.8 Å². The van der Waals surface area contributed by atoms with Crippen LogP contribution in [0.4, 0.5) is 5.82 Å². The normalized spacial score (nSPS) is 36.0. The molecule has 7 nitrogen and oxygen atoms in total. The molecule has 4 atom stereocenters. The second kappa shape index (κ2) is 3.89. The SMILES string of the molecule is C[C@H]1[C@H]2CC[C@]2(n2cnc3c(N)ncnc32)O[C@@H]1CO. The lowest BCUT2D eigenvalue weighted by Crippen LogP contribution is -2.48. The van der Waals surface area contributed by atoms with Crippen molar-refractivity contribution in [2.75, 3.05) is 12.3 Å². The maximum absolute atomic E-state index is 9.47. The van der Waals surface area contributed by atoms with E-state index in [1.54, 1.807) is 6.33 Å². The molecule has 0 spiro atoms. The molecule has 20 heavy (non-hydrogen) atoms. The lowest BCUT2D eigenvalue weighted by Gasteiger charge is -2.45. The van der Waals surface area contributed by atoms with Crippen LogP contribution in [0.5, 0.6) is 0 Å². The number of aliphatic hydroxyl groups excluding tert-OH is 1. The Morgan fingerprint density at radius 3 is 3.05 bits per heavy atom. The zero-order valence-corrected chi connectivity index (χ0v) is 11.2. The van der Waals surface area contributed by atoms with Crippen molar-refractivity contribution < 1.29 is 9.84 Å². The minimum absolute atomic E-state index is 0.0448. The first-order valence-electron chi connectivity index (χ1n) is 6.90. The summed E-state index contributed by atoms with van der Waals surface area (Å²) in [5.41, 5.74) is 6.72. The molecular weight excluding hydrogens is 258 g/mol. The summed E-state index contributed by atoms with van der Waals surface area (Å²) in [6.07, 6.45) is 5.06. The second-order valence-corrected chi connectivity index (χ2v) is 5.73. The van der Waals surface area contributed by atoms with Crippen LogP contribution in [-0.2, 0) is 10.5 Å². The number of hydrogen-bond donors (Lipinski definition) is 2. The molecule has 0 unspecified atom stereocenters. The van der Waals surface area contributed by atoms with E-state index >= 15 is 0 Å². The zero-order chi connectivity index (χ0) is 13.9. The van der Waals surface area contributed by atoms with Crippen molar-refractivity contribution in [3.8, 4) is 0 Å². The van der Waals surface area contributed by atoms with Gasteiger partial charge in [0, 0.05) is 5.92 Å². The van der Waals surface area contributed by atoms with Gasteiger partial charge in [-0.05, 0) is 18.8 Å². The highest BCUT2D eigenvalue weighted by Gasteiger charge is 2.60. The van der Waals surface area contributed by atoms with Crippen molar-refractivity contribution >= 4 is 17.0 Å². The first-order chi connectivity index (χ1) is 9.67. The maximum atomic E-state index is 9.47. The molecule has 0 aromatic carbocycles. The molecule has 7 heteroatoms. The van der Waals surface area contributed by atoms with E-state index in [-0.39, 0.29) is 12.7 Å². The second-order valence-electron chi connectivity index (χ2n) is 5.73. The van der Waals surface area contributed by atoms with Gasteiger partial charge in [-0.2, -0.15) is 0 Å². The third-order valence-corrected chi connectivity index (χ3v) is 4.92.